The molecule has 1 aliphatic carbocycles. The molecule has 4 nitrogen and oxygen atoms in total. The second-order valence-electron chi connectivity index (χ2n) is 4.87. The Morgan fingerprint density at radius 3 is 2.68 bits per heavy atom. The Hall–Kier alpha value is -1.62. The third-order valence-corrected chi connectivity index (χ3v) is 4.00. The lowest BCUT2D eigenvalue weighted by Crippen LogP contribution is -2.06. The van der Waals surface area contributed by atoms with Gasteiger partial charge in [0, 0.05) is 17.5 Å². The first kappa shape index (κ1) is 12.4. The highest BCUT2D eigenvalue weighted by molar-refractivity contribution is 7.09. The van der Waals surface area contributed by atoms with Crippen molar-refractivity contribution in [2.45, 2.75) is 31.7 Å². The van der Waals surface area contributed by atoms with E-state index < -0.39 is 0 Å². The number of aromatic nitrogens is 2. The van der Waals surface area contributed by atoms with Crippen LogP contribution >= 0.6 is 11.5 Å². The van der Waals surface area contributed by atoms with Gasteiger partial charge >= 0.3 is 0 Å². The lowest BCUT2D eigenvalue weighted by atomic mass is 10.1. The molecule has 2 aromatic rings. The Kier molecular flexibility index (Phi) is 3.38. The number of nitrogens with zero attached hydrogens (tertiary/aromatic N) is 2. The molecule has 1 atom stereocenters. The number of nitrogens with one attached hydrogen (secondary N) is 1. The molecule has 3 rings (SSSR count). The van der Waals surface area contributed by atoms with E-state index in [0.29, 0.717) is 5.92 Å². The second kappa shape index (κ2) is 5.17. The van der Waals surface area contributed by atoms with E-state index in [4.69, 9.17) is 4.74 Å². The van der Waals surface area contributed by atoms with Crippen LogP contribution in [0.5, 0.6) is 5.75 Å². The summed E-state index contributed by atoms with van der Waals surface area (Å²) in [5, 5.41) is 4.31. The van der Waals surface area contributed by atoms with Crippen molar-refractivity contribution < 1.29 is 4.74 Å². The first-order valence-corrected chi connectivity index (χ1v) is 7.27. The zero-order chi connectivity index (χ0) is 13.2. The minimum atomic E-state index is 0.214. The molecule has 19 heavy (non-hydrogen) atoms. The van der Waals surface area contributed by atoms with Crippen LogP contribution in [0.1, 0.15) is 43.1 Å². The van der Waals surface area contributed by atoms with Crippen molar-refractivity contribution in [3.8, 4) is 5.75 Å². The van der Waals surface area contributed by atoms with Gasteiger partial charge in [-0.2, -0.15) is 4.37 Å². The fraction of sp³-hybridized carbons (Fsp3) is 0.429. The molecule has 0 saturated heterocycles. The largest absolute Gasteiger partial charge is 0.497 e. The fourth-order valence-corrected chi connectivity index (χ4v) is 2.70. The highest BCUT2D eigenvalue weighted by atomic mass is 32.1. The van der Waals surface area contributed by atoms with Crippen LogP contribution < -0.4 is 10.1 Å². The summed E-state index contributed by atoms with van der Waals surface area (Å²) in [7, 11) is 1.68. The molecule has 1 unspecified atom stereocenters. The summed E-state index contributed by atoms with van der Waals surface area (Å²) in [6, 6.07) is 8.30. The van der Waals surface area contributed by atoms with Gasteiger partial charge in [0.25, 0.3) is 0 Å². The lowest BCUT2D eigenvalue weighted by Gasteiger charge is -2.13. The average molecular weight is 275 g/mol. The Balaban J connectivity index is 1.66. The van der Waals surface area contributed by atoms with Gasteiger partial charge in [-0.15, -0.1) is 0 Å². The van der Waals surface area contributed by atoms with Crippen LogP contribution in [0.15, 0.2) is 24.3 Å². The molecule has 1 aromatic heterocycles. The van der Waals surface area contributed by atoms with Crippen molar-refractivity contribution in [2.24, 2.45) is 0 Å². The maximum Gasteiger partial charge on any atom is 0.203 e. The van der Waals surface area contributed by atoms with E-state index in [0.717, 1.165) is 16.7 Å². The Bertz CT molecular complexity index is 548. The van der Waals surface area contributed by atoms with Crippen molar-refractivity contribution in [1.29, 1.82) is 0 Å². The first-order chi connectivity index (χ1) is 9.26. The monoisotopic (exact) mass is 275 g/mol. The summed E-state index contributed by atoms with van der Waals surface area (Å²) < 4.78 is 9.56. The van der Waals surface area contributed by atoms with E-state index in [1.54, 1.807) is 7.11 Å². The predicted molar refractivity (Wildman–Crippen MR) is 76.9 cm³/mol. The highest BCUT2D eigenvalue weighted by Crippen LogP contribution is 2.39. The van der Waals surface area contributed by atoms with Crippen LogP contribution in [-0.4, -0.2) is 16.5 Å². The third kappa shape index (κ3) is 2.87. The zero-order valence-corrected chi connectivity index (χ0v) is 11.9. The summed E-state index contributed by atoms with van der Waals surface area (Å²) in [6.07, 6.45) is 2.48. The normalized spacial score (nSPS) is 16.1. The van der Waals surface area contributed by atoms with E-state index in [2.05, 4.69) is 33.7 Å². The number of ether oxygens (including phenoxy) is 1. The topological polar surface area (TPSA) is 47.0 Å². The second-order valence-corrected chi connectivity index (χ2v) is 5.62. The minimum Gasteiger partial charge on any atom is -0.497 e. The summed E-state index contributed by atoms with van der Waals surface area (Å²) in [5.74, 6) is 2.50. The molecular weight excluding hydrogens is 258 g/mol. The standard InChI is InChI=1S/C14H17N3OS/c1-9(10-5-7-12(18-2)8-6-10)15-14-16-13(17-19-14)11-3-4-11/h5-9,11H,3-4H2,1-2H3,(H,15,16,17). The molecule has 0 spiro atoms. The van der Waals surface area contributed by atoms with Crippen molar-refractivity contribution in [3.05, 3.63) is 35.7 Å². The smallest absolute Gasteiger partial charge is 0.203 e. The van der Waals surface area contributed by atoms with E-state index in [9.17, 15) is 0 Å². The Labute approximate surface area is 117 Å². The van der Waals surface area contributed by atoms with Crippen LogP contribution in [0.4, 0.5) is 5.13 Å². The van der Waals surface area contributed by atoms with Crippen molar-refractivity contribution >= 4 is 16.7 Å². The molecule has 1 heterocycles. The summed E-state index contributed by atoms with van der Waals surface area (Å²) in [4.78, 5) is 4.54. The summed E-state index contributed by atoms with van der Waals surface area (Å²) in [6.45, 7) is 2.13. The van der Waals surface area contributed by atoms with Gasteiger partial charge in [0.2, 0.25) is 5.13 Å². The van der Waals surface area contributed by atoms with Crippen LogP contribution in [0.3, 0.4) is 0 Å². The van der Waals surface area contributed by atoms with Gasteiger partial charge in [-0.05, 0) is 37.5 Å². The van der Waals surface area contributed by atoms with Gasteiger partial charge in [-0.3, -0.25) is 0 Å². The number of rotatable bonds is 5. The van der Waals surface area contributed by atoms with Crippen LogP contribution in [0, 0.1) is 0 Å². The summed E-state index contributed by atoms with van der Waals surface area (Å²) in [5.41, 5.74) is 1.21. The van der Waals surface area contributed by atoms with Crippen LogP contribution in [-0.2, 0) is 0 Å². The molecule has 0 radical (unpaired) electrons. The van der Waals surface area contributed by atoms with Gasteiger partial charge < -0.3 is 10.1 Å². The fourth-order valence-electron chi connectivity index (χ4n) is 1.96. The van der Waals surface area contributed by atoms with Crippen LogP contribution in [0.2, 0.25) is 0 Å². The number of hydrogen-bond donors (Lipinski definition) is 1. The lowest BCUT2D eigenvalue weighted by molar-refractivity contribution is 0.414. The SMILES string of the molecule is COc1ccc(C(C)Nc2nc(C3CC3)ns2)cc1. The number of anilines is 1. The van der Waals surface area contributed by atoms with E-state index >= 15 is 0 Å². The molecule has 0 amide bonds. The molecule has 1 saturated carbocycles. The number of benzene rings is 1. The van der Waals surface area contributed by atoms with Gasteiger partial charge in [0.1, 0.15) is 11.6 Å². The van der Waals surface area contributed by atoms with Crippen molar-refractivity contribution in [2.75, 3.05) is 12.4 Å². The van der Waals surface area contributed by atoms with Crippen LogP contribution in [0.25, 0.3) is 0 Å². The van der Waals surface area contributed by atoms with Gasteiger partial charge in [0.05, 0.1) is 13.2 Å². The molecule has 0 aliphatic heterocycles. The zero-order valence-electron chi connectivity index (χ0n) is 11.1. The van der Waals surface area contributed by atoms with Crippen molar-refractivity contribution in [1.82, 2.24) is 9.36 Å². The molecular formula is C14H17N3OS. The molecule has 1 aromatic carbocycles. The van der Waals surface area contributed by atoms with E-state index in [1.165, 1.54) is 29.9 Å². The molecule has 100 valence electrons. The van der Waals surface area contributed by atoms with Crippen molar-refractivity contribution in [3.63, 3.8) is 0 Å². The molecule has 5 heteroatoms. The quantitative estimate of drug-likeness (QED) is 0.905. The average Bonchev–Trinajstić information content (AvgIpc) is 3.20. The minimum absolute atomic E-state index is 0.214. The molecule has 0 bridgehead atoms. The number of methoxy groups -OCH3 is 1. The number of hydrogen-bond acceptors (Lipinski definition) is 5. The Morgan fingerprint density at radius 2 is 2.05 bits per heavy atom. The molecule has 1 N–H and O–H groups in total. The molecule has 1 aliphatic rings. The first-order valence-electron chi connectivity index (χ1n) is 6.50. The maximum absolute atomic E-state index is 5.16. The van der Waals surface area contributed by atoms with Gasteiger partial charge in [-0.25, -0.2) is 4.98 Å². The maximum atomic E-state index is 5.16. The summed E-state index contributed by atoms with van der Waals surface area (Å²) >= 11 is 1.45. The highest BCUT2D eigenvalue weighted by Gasteiger charge is 2.27. The Morgan fingerprint density at radius 1 is 1.32 bits per heavy atom. The van der Waals surface area contributed by atoms with E-state index in [-0.39, 0.29) is 6.04 Å². The molecule has 1 fully saturated rings. The van der Waals surface area contributed by atoms with E-state index in [1.807, 2.05) is 12.1 Å². The van der Waals surface area contributed by atoms with Gasteiger partial charge in [0.15, 0.2) is 0 Å². The predicted octanol–water partition coefficient (Wildman–Crippen LogP) is 3.60. The third-order valence-electron chi connectivity index (χ3n) is 3.34. The van der Waals surface area contributed by atoms with Gasteiger partial charge in [-0.1, -0.05) is 12.1 Å².